The molecular weight excluding hydrogens is 347 g/mol. The van der Waals surface area contributed by atoms with Crippen molar-refractivity contribution in [2.45, 2.75) is 25.2 Å². The van der Waals surface area contributed by atoms with Gasteiger partial charge >= 0.3 is 0 Å². The zero-order valence-electron chi connectivity index (χ0n) is 9.91. The molecule has 1 rings (SSSR count). The summed E-state index contributed by atoms with van der Waals surface area (Å²) in [5.41, 5.74) is 0. The number of benzene rings is 1. The van der Waals surface area contributed by atoms with Crippen LogP contribution < -0.4 is 4.74 Å². The molecular formula is C11H13BrClFO3S. The molecule has 102 valence electrons. The van der Waals surface area contributed by atoms with Crippen LogP contribution in [0.4, 0.5) is 4.39 Å². The Kier molecular flexibility index (Phi) is 5.43. The lowest BCUT2D eigenvalue weighted by Gasteiger charge is -2.13. The molecule has 0 spiro atoms. The van der Waals surface area contributed by atoms with Crippen molar-refractivity contribution in [2.24, 2.45) is 5.92 Å². The summed E-state index contributed by atoms with van der Waals surface area (Å²) in [7, 11) is 1.01. The molecule has 0 saturated carbocycles. The molecule has 0 aliphatic heterocycles. The third-order valence-electron chi connectivity index (χ3n) is 2.47. The van der Waals surface area contributed by atoms with Crippen LogP contribution in [0.2, 0.25) is 0 Å². The molecule has 0 saturated heterocycles. The minimum Gasteiger partial charge on any atom is -0.492 e. The van der Waals surface area contributed by atoms with Gasteiger partial charge in [-0.3, -0.25) is 0 Å². The lowest BCUT2D eigenvalue weighted by molar-refractivity contribution is 0.254. The van der Waals surface area contributed by atoms with E-state index in [1.54, 1.807) is 0 Å². The van der Waals surface area contributed by atoms with Crippen LogP contribution in [0, 0.1) is 11.7 Å². The van der Waals surface area contributed by atoms with Crippen LogP contribution in [0.3, 0.4) is 0 Å². The Morgan fingerprint density at radius 2 is 2.11 bits per heavy atom. The van der Waals surface area contributed by atoms with Gasteiger partial charge in [0.2, 0.25) is 0 Å². The second-order valence-corrected chi connectivity index (χ2v) is 7.36. The molecule has 0 aliphatic rings. The molecule has 0 aromatic heterocycles. The van der Waals surface area contributed by atoms with Crippen molar-refractivity contribution < 1.29 is 17.5 Å². The molecule has 18 heavy (non-hydrogen) atoms. The third-order valence-corrected chi connectivity index (χ3v) is 4.43. The normalized spacial score (nSPS) is 13.4. The van der Waals surface area contributed by atoms with Gasteiger partial charge in [0.05, 0.1) is 11.1 Å². The van der Waals surface area contributed by atoms with E-state index in [0.29, 0.717) is 17.0 Å². The molecule has 0 heterocycles. The molecule has 7 heteroatoms. The van der Waals surface area contributed by atoms with Gasteiger partial charge in [0.15, 0.2) is 0 Å². The van der Waals surface area contributed by atoms with Crippen LogP contribution in [0.25, 0.3) is 0 Å². The number of hydrogen-bond acceptors (Lipinski definition) is 3. The van der Waals surface area contributed by atoms with Crippen LogP contribution in [-0.4, -0.2) is 15.0 Å². The van der Waals surface area contributed by atoms with Gasteiger partial charge in [-0.05, 0) is 27.9 Å². The van der Waals surface area contributed by atoms with Gasteiger partial charge in [-0.15, -0.1) is 0 Å². The summed E-state index contributed by atoms with van der Waals surface area (Å²) >= 11 is 3.13. The molecule has 0 bridgehead atoms. The Morgan fingerprint density at radius 1 is 1.50 bits per heavy atom. The van der Waals surface area contributed by atoms with E-state index in [-0.39, 0.29) is 5.75 Å². The Hall–Kier alpha value is -0.330. The maximum atomic E-state index is 13.6. The van der Waals surface area contributed by atoms with Gasteiger partial charge in [0.25, 0.3) is 9.05 Å². The first-order valence-electron chi connectivity index (χ1n) is 5.32. The van der Waals surface area contributed by atoms with Crippen LogP contribution in [0.15, 0.2) is 21.5 Å². The zero-order valence-corrected chi connectivity index (χ0v) is 13.1. The maximum absolute atomic E-state index is 13.6. The molecule has 1 aromatic carbocycles. The number of ether oxygens (including phenoxy) is 1. The molecule has 0 aliphatic carbocycles. The summed E-state index contributed by atoms with van der Waals surface area (Å²) < 4.78 is 41.5. The quantitative estimate of drug-likeness (QED) is 0.748. The summed E-state index contributed by atoms with van der Waals surface area (Å²) in [6.07, 6.45) is 0.939. The molecule has 0 amide bonds. The van der Waals surface area contributed by atoms with Crippen molar-refractivity contribution in [3.63, 3.8) is 0 Å². The summed E-state index contributed by atoms with van der Waals surface area (Å²) in [4.78, 5) is -0.563. The Balaban J connectivity index is 3.01. The van der Waals surface area contributed by atoms with Crippen molar-refractivity contribution in [3.05, 3.63) is 22.4 Å². The summed E-state index contributed by atoms with van der Waals surface area (Å²) in [6, 6.07) is 2.12. The Morgan fingerprint density at radius 3 is 2.61 bits per heavy atom. The fourth-order valence-electron chi connectivity index (χ4n) is 1.16. The minimum absolute atomic E-state index is 0.261. The first-order valence-corrected chi connectivity index (χ1v) is 8.42. The first-order chi connectivity index (χ1) is 8.25. The van der Waals surface area contributed by atoms with E-state index < -0.39 is 19.8 Å². The molecule has 0 fully saturated rings. The number of rotatable bonds is 5. The van der Waals surface area contributed by atoms with E-state index in [2.05, 4.69) is 15.9 Å². The molecule has 1 unspecified atom stereocenters. The third kappa shape index (κ3) is 4.10. The highest BCUT2D eigenvalue weighted by Crippen LogP contribution is 2.32. The second kappa shape index (κ2) is 6.21. The van der Waals surface area contributed by atoms with Gasteiger partial charge in [-0.25, -0.2) is 12.8 Å². The van der Waals surface area contributed by atoms with Crippen molar-refractivity contribution in [2.75, 3.05) is 6.61 Å². The fourth-order valence-corrected chi connectivity index (χ4v) is 2.67. The van der Waals surface area contributed by atoms with Gasteiger partial charge in [-0.2, -0.15) is 0 Å². The van der Waals surface area contributed by atoms with Crippen molar-refractivity contribution >= 4 is 35.7 Å². The monoisotopic (exact) mass is 358 g/mol. The molecule has 1 atom stereocenters. The number of hydrogen-bond donors (Lipinski definition) is 0. The average molecular weight is 360 g/mol. The van der Waals surface area contributed by atoms with Crippen LogP contribution in [0.1, 0.15) is 20.3 Å². The lowest BCUT2D eigenvalue weighted by atomic mass is 10.1. The van der Waals surface area contributed by atoms with Crippen LogP contribution >= 0.6 is 26.6 Å². The maximum Gasteiger partial charge on any atom is 0.264 e. The van der Waals surface area contributed by atoms with E-state index in [4.69, 9.17) is 15.4 Å². The summed E-state index contributed by atoms with van der Waals surface area (Å²) in [5, 5.41) is 0. The van der Waals surface area contributed by atoms with E-state index >= 15 is 0 Å². The zero-order chi connectivity index (χ0) is 13.9. The predicted molar refractivity (Wildman–Crippen MR) is 72.1 cm³/mol. The van der Waals surface area contributed by atoms with Crippen LogP contribution in [0.5, 0.6) is 5.75 Å². The average Bonchev–Trinajstić information content (AvgIpc) is 2.27. The standard InChI is InChI=1S/C11H13BrClFO3S/c1-3-7(2)6-17-10-5-9(14)11(4-8(10)12)18(13,15)16/h4-5,7H,3,6H2,1-2H3. The predicted octanol–water partition coefficient (Wildman–Crippen LogP) is 3.94. The van der Waals surface area contributed by atoms with Gasteiger partial charge in [0, 0.05) is 16.7 Å². The van der Waals surface area contributed by atoms with Gasteiger partial charge < -0.3 is 4.74 Å². The molecule has 0 N–H and O–H groups in total. The Labute approximate surface area is 119 Å². The van der Waals surface area contributed by atoms with E-state index in [9.17, 15) is 12.8 Å². The smallest absolute Gasteiger partial charge is 0.264 e. The van der Waals surface area contributed by atoms with E-state index in [1.807, 2.05) is 13.8 Å². The number of halogens is 3. The van der Waals surface area contributed by atoms with Crippen molar-refractivity contribution in [1.29, 1.82) is 0 Å². The van der Waals surface area contributed by atoms with Crippen LogP contribution in [-0.2, 0) is 9.05 Å². The van der Waals surface area contributed by atoms with Gasteiger partial charge in [-0.1, -0.05) is 20.3 Å². The minimum atomic E-state index is -4.10. The van der Waals surface area contributed by atoms with Gasteiger partial charge in [0.1, 0.15) is 16.5 Å². The topological polar surface area (TPSA) is 43.4 Å². The SMILES string of the molecule is CCC(C)COc1cc(F)c(S(=O)(=O)Cl)cc1Br. The summed E-state index contributed by atoms with van der Waals surface area (Å²) in [6.45, 7) is 4.45. The molecule has 3 nitrogen and oxygen atoms in total. The van der Waals surface area contributed by atoms with E-state index in [0.717, 1.165) is 18.6 Å². The molecule has 0 radical (unpaired) electrons. The highest BCUT2D eigenvalue weighted by molar-refractivity contribution is 9.10. The second-order valence-electron chi connectivity index (χ2n) is 3.98. The first kappa shape index (κ1) is 15.7. The largest absolute Gasteiger partial charge is 0.492 e. The highest BCUT2D eigenvalue weighted by atomic mass is 79.9. The lowest BCUT2D eigenvalue weighted by Crippen LogP contribution is -2.08. The molecule has 1 aromatic rings. The fraction of sp³-hybridized carbons (Fsp3) is 0.455. The highest BCUT2D eigenvalue weighted by Gasteiger charge is 2.19. The summed E-state index contributed by atoms with van der Waals surface area (Å²) in [5.74, 6) is -0.333. The van der Waals surface area contributed by atoms with E-state index in [1.165, 1.54) is 0 Å². The van der Waals surface area contributed by atoms with Crippen molar-refractivity contribution in [3.8, 4) is 5.75 Å². The Bertz CT molecular complexity index is 533. The van der Waals surface area contributed by atoms with Crippen molar-refractivity contribution in [1.82, 2.24) is 0 Å².